The fourth-order valence-electron chi connectivity index (χ4n) is 6.11. The van der Waals surface area contributed by atoms with Crippen LogP contribution < -0.4 is 0 Å². The number of pyridine rings is 1. The van der Waals surface area contributed by atoms with Crippen molar-refractivity contribution in [2.24, 2.45) is 11.8 Å². The number of ether oxygens (including phenoxy) is 1. The molecule has 1 fully saturated rings. The fourth-order valence-corrected chi connectivity index (χ4v) is 6.11. The largest absolute Gasteiger partial charge is 0.469 e. The lowest BCUT2D eigenvalue weighted by Gasteiger charge is -2.18. The number of nitrogens with one attached hydrogen (secondary N) is 1. The van der Waals surface area contributed by atoms with E-state index in [9.17, 15) is 9.90 Å². The third kappa shape index (κ3) is 10.2. The van der Waals surface area contributed by atoms with Crippen LogP contribution in [0.1, 0.15) is 120 Å². The lowest BCUT2D eigenvalue weighted by Crippen LogP contribution is -2.18. The number of aliphatic hydroxyl groups excluding tert-OH is 1. The van der Waals surface area contributed by atoms with E-state index in [0.717, 1.165) is 65.2 Å². The average Bonchev–Trinajstić information content (AvgIpc) is 3.46. The van der Waals surface area contributed by atoms with Crippen molar-refractivity contribution in [3.8, 4) is 5.69 Å². The summed E-state index contributed by atoms with van der Waals surface area (Å²) in [5.41, 5.74) is 8.87. The highest BCUT2D eigenvalue weighted by molar-refractivity contribution is 6.19. The van der Waals surface area contributed by atoms with Gasteiger partial charge in [0.05, 0.1) is 41.9 Å². The molecule has 2 aliphatic rings. The molecule has 258 valence electrons. The van der Waals surface area contributed by atoms with E-state index in [1.54, 1.807) is 0 Å². The van der Waals surface area contributed by atoms with Crippen molar-refractivity contribution in [1.82, 2.24) is 14.8 Å². The summed E-state index contributed by atoms with van der Waals surface area (Å²) in [6.07, 6.45) is 17.2. The molecule has 2 aromatic heterocycles. The van der Waals surface area contributed by atoms with Crippen molar-refractivity contribution in [3.05, 3.63) is 107 Å². The van der Waals surface area contributed by atoms with Gasteiger partial charge in [-0.2, -0.15) is 5.10 Å². The van der Waals surface area contributed by atoms with Crippen molar-refractivity contribution >= 4 is 17.3 Å². The summed E-state index contributed by atoms with van der Waals surface area (Å²) in [7, 11) is 1.47. The molecule has 2 aliphatic carbocycles. The fraction of sp³-hybridized carbons (Fsp3) is 0.463. The van der Waals surface area contributed by atoms with E-state index in [2.05, 4.69) is 62.6 Å². The van der Waals surface area contributed by atoms with Crippen LogP contribution in [0.3, 0.4) is 0 Å². The highest BCUT2D eigenvalue weighted by atomic mass is 16.5. The third-order valence-corrected chi connectivity index (χ3v) is 9.11. The predicted molar refractivity (Wildman–Crippen MR) is 198 cm³/mol. The van der Waals surface area contributed by atoms with Crippen LogP contribution >= 0.6 is 0 Å². The zero-order chi connectivity index (χ0) is 35.2. The first-order chi connectivity index (χ1) is 23.0. The molecule has 2 atom stereocenters. The molecule has 3 aromatic rings. The van der Waals surface area contributed by atoms with Crippen LogP contribution in [0.4, 0.5) is 0 Å². The van der Waals surface area contributed by atoms with Gasteiger partial charge in [0, 0.05) is 28.6 Å². The van der Waals surface area contributed by atoms with Crippen LogP contribution in [0.2, 0.25) is 0 Å². The van der Waals surface area contributed by atoms with Crippen molar-refractivity contribution in [2.75, 3.05) is 7.11 Å². The maximum Gasteiger partial charge on any atom is 0.308 e. The van der Waals surface area contributed by atoms with Crippen molar-refractivity contribution in [1.29, 1.82) is 5.41 Å². The van der Waals surface area contributed by atoms with E-state index >= 15 is 0 Å². The number of methoxy groups -OCH3 is 1. The minimum Gasteiger partial charge on any atom is -0.469 e. The number of benzene rings is 1. The summed E-state index contributed by atoms with van der Waals surface area (Å²) in [4.78, 5) is 15.4. The topological polar surface area (TPSA) is 101 Å². The van der Waals surface area contributed by atoms with Gasteiger partial charge in [0.1, 0.15) is 0 Å². The van der Waals surface area contributed by atoms with E-state index in [1.807, 2.05) is 73.3 Å². The Balaban J connectivity index is 0.000000253. The van der Waals surface area contributed by atoms with Crippen LogP contribution in [0, 0.1) is 31.1 Å². The van der Waals surface area contributed by atoms with Crippen LogP contribution in [-0.2, 0) is 9.53 Å². The number of nitrogens with zero attached hydrogens (tertiary/aromatic N) is 3. The average molecular weight is 653 g/mol. The molecule has 7 heteroatoms. The highest BCUT2D eigenvalue weighted by Gasteiger charge is 2.26. The Labute approximate surface area is 288 Å². The van der Waals surface area contributed by atoms with Crippen LogP contribution in [0.15, 0.2) is 78.5 Å². The minimum atomic E-state index is -0.291. The van der Waals surface area contributed by atoms with E-state index in [1.165, 1.54) is 31.9 Å². The van der Waals surface area contributed by atoms with E-state index < -0.39 is 0 Å². The summed E-state index contributed by atoms with van der Waals surface area (Å²) in [5, 5.41) is 22.9. The van der Waals surface area contributed by atoms with Gasteiger partial charge in [-0.15, -0.1) is 0 Å². The second-order valence-electron chi connectivity index (χ2n) is 13.0. The molecular formula is C41H56N4O3. The van der Waals surface area contributed by atoms with Gasteiger partial charge in [0.2, 0.25) is 0 Å². The Bertz CT molecular complexity index is 1580. The number of aryl methyl sites for hydroxylation is 1. The first kappa shape index (κ1) is 38.3. The van der Waals surface area contributed by atoms with Gasteiger partial charge in [-0.05, 0) is 68.7 Å². The summed E-state index contributed by atoms with van der Waals surface area (Å²) in [5.74, 6) is 0.932. The Morgan fingerprint density at radius 3 is 2.31 bits per heavy atom. The number of rotatable bonds is 8. The molecule has 0 amide bonds. The minimum absolute atomic E-state index is 0.0142. The van der Waals surface area contributed by atoms with Gasteiger partial charge in [0.15, 0.2) is 0 Å². The van der Waals surface area contributed by atoms with Crippen LogP contribution in [0.5, 0.6) is 0 Å². The molecule has 7 nitrogen and oxygen atoms in total. The molecule has 0 spiro atoms. The number of aromatic nitrogens is 3. The molecule has 5 rings (SSSR count). The van der Waals surface area contributed by atoms with Crippen molar-refractivity contribution in [2.45, 2.75) is 105 Å². The smallest absolute Gasteiger partial charge is 0.308 e. The number of esters is 1. The number of carbonyl (C=O) groups excluding carboxylic acids is 1. The highest BCUT2D eigenvalue weighted by Crippen LogP contribution is 2.36. The number of aliphatic hydroxyl groups is 1. The number of hydrogen-bond acceptors (Lipinski definition) is 6. The van der Waals surface area contributed by atoms with E-state index in [4.69, 9.17) is 10.5 Å². The quantitative estimate of drug-likeness (QED) is 0.236. The Morgan fingerprint density at radius 2 is 1.73 bits per heavy atom. The molecule has 1 saturated carbocycles. The lowest BCUT2D eigenvalue weighted by atomic mass is 9.87. The molecule has 1 aromatic carbocycles. The SMILES string of the molecule is CCC(C)/C=C1\C(=N)C=CC=C1c1nn(-c2cccnc2C)c(C)c1C(C)C.CCC(O)c1ccccc1.COC(=O)C1CCCCC1. The number of carbonyl (C=O) groups is 1. The summed E-state index contributed by atoms with van der Waals surface area (Å²) < 4.78 is 6.66. The van der Waals surface area contributed by atoms with E-state index in [-0.39, 0.29) is 18.0 Å². The zero-order valence-corrected chi connectivity index (χ0v) is 30.3. The maximum atomic E-state index is 10.9. The Kier molecular flexibility index (Phi) is 15.2. The molecule has 0 saturated heterocycles. The number of hydrogen-bond donors (Lipinski definition) is 2. The van der Waals surface area contributed by atoms with Gasteiger partial charge in [-0.1, -0.05) is 109 Å². The van der Waals surface area contributed by atoms with Crippen molar-refractivity contribution < 1.29 is 14.6 Å². The van der Waals surface area contributed by atoms with Crippen molar-refractivity contribution in [3.63, 3.8) is 0 Å². The van der Waals surface area contributed by atoms with Gasteiger partial charge in [-0.25, -0.2) is 4.68 Å². The molecule has 2 N–H and O–H groups in total. The standard InChI is InChI=1S/C24H30N4.C9H12O.C8H14O2/c1-7-16(4)14-20-19(10-8-11-21(20)25)24-23(15(2)3)18(6)28(27-24)22-12-9-13-26-17(22)5;1-2-9(10)8-6-4-3-5-7-8;1-10-8(9)7-5-3-2-4-6-7/h8-16,25H,7H2,1-6H3;3-7,9-10H,2H2,1H3;7H,2-6H2,1H3/b20-14-,25-21?;;. The molecule has 48 heavy (non-hydrogen) atoms. The normalized spacial score (nSPS) is 16.8. The van der Waals surface area contributed by atoms with Gasteiger partial charge < -0.3 is 15.3 Å². The molecule has 2 unspecified atom stereocenters. The third-order valence-electron chi connectivity index (χ3n) is 9.11. The maximum absolute atomic E-state index is 10.9. The second kappa shape index (κ2) is 19.0. The first-order valence-corrected chi connectivity index (χ1v) is 17.6. The zero-order valence-electron chi connectivity index (χ0n) is 30.3. The van der Waals surface area contributed by atoms with E-state index in [0.29, 0.717) is 17.5 Å². The van der Waals surface area contributed by atoms with Crippen LogP contribution in [-0.4, -0.2) is 38.7 Å². The summed E-state index contributed by atoms with van der Waals surface area (Å²) in [6.45, 7) is 14.9. The second-order valence-corrected chi connectivity index (χ2v) is 13.0. The molecular weight excluding hydrogens is 596 g/mol. The molecule has 0 radical (unpaired) electrons. The predicted octanol–water partition coefficient (Wildman–Crippen LogP) is 9.82. The van der Waals surface area contributed by atoms with Gasteiger partial charge in [0.25, 0.3) is 0 Å². The Hall–Kier alpha value is -4.10. The Morgan fingerprint density at radius 1 is 1.04 bits per heavy atom. The summed E-state index contributed by atoms with van der Waals surface area (Å²) in [6, 6.07) is 13.7. The van der Waals surface area contributed by atoms with Gasteiger partial charge >= 0.3 is 5.97 Å². The molecule has 2 heterocycles. The monoisotopic (exact) mass is 652 g/mol. The van der Waals surface area contributed by atoms with Gasteiger partial charge in [-0.3, -0.25) is 9.78 Å². The lowest BCUT2D eigenvalue weighted by molar-refractivity contribution is -0.146. The first-order valence-electron chi connectivity index (χ1n) is 17.6. The van der Waals surface area contributed by atoms with Crippen LogP contribution in [0.25, 0.3) is 11.3 Å². The molecule has 0 bridgehead atoms. The number of allylic oxidation sites excluding steroid dienone is 6. The molecule has 0 aliphatic heterocycles. The summed E-state index contributed by atoms with van der Waals surface area (Å²) >= 11 is 0.